The molecule has 0 bridgehead atoms. The fraction of sp³-hybridized carbons (Fsp3) is 0.625. The van der Waals surface area contributed by atoms with Crippen LogP contribution in [0.4, 0.5) is 0 Å². The summed E-state index contributed by atoms with van der Waals surface area (Å²) in [6.45, 7) is 21.2. The molecule has 2 rings (SSSR count). The summed E-state index contributed by atoms with van der Waals surface area (Å²) >= 11 is 0. The standard InChI is InChI=1S/C55H94N2O6S.C7H8.2CH2O/c1-6-10-14-18-22-31-43-56(44-32-23-19-15-11-7-2)47-37-39-51(5)54(58)62-49-35-26-27-36-50-63-55(59)53(64(60,61)52-40-29-28-30-41-52)42-38-48-57(45-33-24-20-16-12-8-3)46-34-25-21-17-13-9-4;1-7-5-3-2-4-6-7;2*1-2/h28-30,37-42,47-48H,6-27,31-36,43-46,49-50H2,1-5H3;2-6H,1H3;2*1H2/b47-37+,48-38+,51-39+,53-42-;;;. The number of esters is 2. The van der Waals surface area contributed by atoms with Crippen LogP contribution in [0.3, 0.4) is 0 Å². The van der Waals surface area contributed by atoms with Crippen molar-refractivity contribution in [3.8, 4) is 0 Å². The molecule has 11 heteroatoms. The lowest BCUT2D eigenvalue weighted by Crippen LogP contribution is -2.20. The molecule has 0 aliphatic rings. The Labute approximate surface area is 459 Å². The summed E-state index contributed by atoms with van der Waals surface area (Å²) in [5, 5.41) is 0. The molecular weight excluding hydrogens is 957 g/mol. The molecule has 0 saturated carbocycles. The van der Waals surface area contributed by atoms with Gasteiger partial charge >= 0.3 is 11.9 Å². The molecule has 0 aliphatic carbocycles. The van der Waals surface area contributed by atoms with Gasteiger partial charge in [-0.3, -0.25) is 0 Å². The summed E-state index contributed by atoms with van der Waals surface area (Å²) in [6.07, 6.45) is 43.7. The van der Waals surface area contributed by atoms with E-state index in [2.05, 4.69) is 62.8 Å². The molecular formula is C64H106N2O8S. The first kappa shape index (κ1) is 72.3. The normalized spacial score (nSPS) is 11.5. The Morgan fingerprint density at radius 3 is 1.13 bits per heavy atom. The highest BCUT2D eigenvalue weighted by Gasteiger charge is 2.28. The van der Waals surface area contributed by atoms with Crippen molar-refractivity contribution in [1.82, 2.24) is 9.80 Å². The largest absolute Gasteiger partial charge is 0.462 e. The van der Waals surface area contributed by atoms with Gasteiger partial charge in [0.05, 0.1) is 18.1 Å². The van der Waals surface area contributed by atoms with E-state index in [-0.39, 0.29) is 22.4 Å². The van der Waals surface area contributed by atoms with E-state index in [1.807, 2.05) is 50.1 Å². The van der Waals surface area contributed by atoms with Crippen molar-refractivity contribution < 1.29 is 37.1 Å². The molecule has 0 aliphatic heterocycles. The van der Waals surface area contributed by atoms with Crippen LogP contribution in [0.5, 0.6) is 0 Å². The zero-order valence-electron chi connectivity index (χ0n) is 48.3. The number of hydrogen-bond acceptors (Lipinski definition) is 10. The molecule has 0 fully saturated rings. The Kier molecular flexibility index (Phi) is 52.1. The van der Waals surface area contributed by atoms with E-state index in [9.17, 15) is 18.0 Å². The van der Waals surface area contributed by atoms with E-state index in [0.29, 0.717) is 25.0 Å². The molecule has 0 heterocycles. The second-order valence-corrected chi connectivity index (χ2v) is 21.3. The van der Waals surface area contributed by atoms with E-state index < -0.39 is 15.8 Å². The average molecular weight is 1060 g/mol. The highest BCUT2D eigenvalue weighted by atomic mass is 32.2. The number of nitrogens with zero attached hydrogens (tertiary/aromatic N) is 2. The molecule has 0 saturated heterocycles. The third kappa shape index (κ3) is 42.1. The minimum absolute atomic E-state index is 0.0623. The van der Waals surface area contributed by atoms with E-state index in [4.69, 9.17) is 19.1 Å². The van der Waals surface area contributed by atoms with Crippen molar-refractivity contribution in [2.24, 2.45) is 0 Å². The smallest absolute Gasteiger partial charge is 0.350 e. The molecule has 0 aromatic heterocycles. The van der Waals surface area contributed by atoms with Crippen molar-refractivity contribution in [3.05, 3.63) is 113 Å². The summed E-state index contributed by atoms with van der Waals surface area (Å²) < 4.78 is 38.6. The molecule has 2 aromatic rings. The lowest BCUT2D eigenvalue weighted by atomic mass is 10.1. The van der Waals surface area contributed by atoms with Gasteiger partial charge in [-0.1, -0.05) is 216 Å². The number of benzene rings is 2. The number of sulfone groups is 1. The van der Waals surface area contributed by atoms with Gasteiger partial charge in [-0.05, 0) is 108 Å². The van der Waals surface area contributed by atoms with Gasteiger partial charge in [0.2, 0.25) is 9.84 Å². The van der Waals surface area contributed by atoms with Gasteiger partial charge in [-0.25, -0.2) is 18.0 Å². The molecule has 0 amide bonds. The fourth-order valence-electron chi connectivity index (χ4n) is 8.13. The molecule has 10 nitrogen and oxygen atoms in total. The summed E-state index contributed by atoms with van der Waals surface area (Å²) in [4.78, 5) is 46.5. The van der Waals surface area contributed by atoms with Gasteiger partial charge in [-0.2, -0.15) is 0 Å². The summed E-state index contributed by atoms with van der Waals surface area (Å²) in [6, 6.07) is 18.3. The number of aryl methyl sites for hydroxylation is 1. The SMILES string of the molecule is C=O.C=O.CCCCCCCCN(/C=C/C=C(/C(=O)OCCCCCCOC(=O)/C(C)=C/C=C/N(CCCCCCCC)CCCCCCCC)S(=O)(=O)c1ccccc1)CCCCCCCC.Cc1ccccc1. The molecule has 2 aromatic carbocycles. The van der Waals surface area contributed by atoms with Crippen LogP contribution in [0.25, 0.3) is 0 Å². The number of hydrogen-bond donors (Lipinski definition) is 0. The zero-order valence-corrected chi connectivity index (χ0v) is 49.1. The maximum atomic E-state index is 13.7. The minimum atomic E-state index is -4.10. The zero-order chi connectivity index (χ0) is 55.9. The highest BCUT2D eigenvalue weighted by Crippen LogP contribution is 2.21. The van der Waals surface area contributed by atoms with Crippen LogP contribution in [0.1, 0.15) is 220 Å². The minimum Gasteiger partial charge on any atom is -0.462 e. The topological polar surface area (TPSA) is 127 Å². The number of unbranched alkanes of at least 4 members (excludes halogenated alkanes) is 23. The first-order chi connectivity index (χ1) is 36.6. The van der Waals surface area contributed by atoms with Gasteiger partial charge in [0.25, 0.3) is 0 Å². The van der Waals surface area contributed by atoms with Crippen LogP contribution in [0, 0.1) is 6.92 Å². The summed E-state index contributed by atoms with van der Waals surface area (Å²) in [5.41, 5.74) is 1.90. The third-order valence-corrected chi connectivity index (χ3v) is 14.5. The first-order valence-corrected chi connectivity index (χ1v) is 30.5. The second kappa shape index (κ2) is 54.0. The molecule has 426 valence electrons. The van der Waals surface area contributed by atoms with Crippen molar-refractivity contribution in [2.75, 3.05) is 39.4 Å². The predicted octanol–water partition coefficient (Wildman–Crippen LogP) is 16.6. The fourth-order valence-corrected chi connectivity index (χ4v) is 9.44. The maximum absolute atomic E-state index is 13.7. The Bertz CT molecular complexity index is 1810. The van der Waals surface area contributed by atoms with Crippen molar-refractivity contribution in [2.45, 2.75) is 226 Å². The van der Waals surface area contributed by atoms with E-state index >= 15 is 0 Å². The Hall–Kier alpha value is -4.77. The molecule has 0 unspecified atom stereocenters. The van der Waals surface area contributed by atoms with Crippen molar-refractivity contribution in [1.29, 1.82) is 0 Å². The van der Waals surface area contributed by atoms with Crippen LogP contribution in [-0.2, 0) is 38.5 Å². The monoisotopic (exact) mass is 1060 g/mol. The van der Waals surface area contributed by atoms with Crippen LogP contribution in [0.2, 0.25) is 0 Å². The maximum Gasteiger partial charge on any atom is 0.350 e. The molecule has 0 radical (unpaired) electrons. The number of allylic oxidation sites excluding steroid dienone is 4. The van der Waals surface area contributed by atoms with Gasteiger partial charge < -0.3 is 28.9 Å². The Balaban J connectivity index is 0. The van der Waals surface area contributed by atoms with Gasteiger partial charge in [0, 0.05) is 31.8 Å². The van der Waals surface area contributed by atoms with Crippen LogP contribution < -0.4 is 0 Å². The van der Waals surface area contributed by atoms with Crippen LogP contribution in [0.15, 0.2) is 113 Å². The van der Waals surface area contributed by atoms with Gasteiger partial charge in [-0.15, -0.1) is 0 Å². The third-order valence-electron chi connectivity index (χ3n) is 12.7. The highest BCUT2D eigenvalue weighted by molar-refractivity contribution is 7.96. The molecule has 0 spiro atoms. The van der Waals surface area contributed by atoms with Crippen molar-refractivity contribution >= 4 is 35.4 Å². The number of rotatable bonds is 43. The lowest BCUT2D eigenvalue weighted by Gasteiger charge is -2.20. The molecule has 0 N–H and O–H groups in total. The summed E-state index contributed by atoms with van der Waals surface area (Å²) in [5.74, 6) is -1.15. The Morgan fingerprint density at radius 1 is 0.453 bits per heavy atom. The van der Waals surface area contributed by atoms with E-state index in [1.54, 1.807) is 31.2 Å². The van der Waals surface area contributed by atoms with Crippen LogP contribution >= 0.6 is 0 Å². The summed E-state index contributed by atoms with van der Waals surface area (Å²) in [7, 11) is -4.10. The lowest BCUT2D eigenvalue weighted by molar-refractivity contribution is -0.140. The van der Waals surface area contributed by atoms with Gasteiger partial charge in [0.15, 0.2) is 4.91 Å². The van der Waals surface area contributed by atoms with Gasteiger partial charge in [0.1, 0.15) is 13.6 Å². The molecule has 75 heavy (non-hydrogen) atoms. The Morgan fingerprint density at radius 2 is 0.773 bits per heavy atom. The average Bonchev–Trinajstić information content (AvgIpc) is 3.43. The van der Waals surface area contributed by atoms with E-state index in [0.717, 1.165) is 51.9 Å². The predicted molar refractivity (Wildman–Crippen MR) is 316 cm³/mol. The quantitative estimate of drug-likeness (QED) is 0.0274. The molecule has 0 atom stereocenters. The number of carbonyl (C=O) groups is 4. The van der Waals surface area contributed by atoms with Crippen molar-refractivity contribution in [3.63, 3.8) is 0 Å². The number of ether oxygens (including phenoxy) is 2. The van der Waals surface area contributed by atoms with Crippen LogP contribution in [-0.4, -0.2) is 83.1 Å². The number of carbonyl (C=O) groups excluding carboxylic acids is 4. The van der Waals surface area contributed by atoms with E-state index in [1.165, 1.54) is 165 Å². The second-order valence-electron chi connectivity index (χ2n) is 19.4. The first-order valence-electron chi connectivity index (χ1n) is 29.1.